The third-order valence-corrected chi connectivity index (χ3v) is 3.40. The van der Waals surface area contributed by atoms with E-state index in [9.17, 15) is 23.7 Å². The van der Waals surface area contributed by atoms with Crippen LogP contribution in [0.1, 0.15) is 17.3 Å². The number of nitrogens with zero attached hydrogens (tertiary/aromatic N) is 1. The first-order chi connectivity index (χ1) is 12.3. The van der Waals surface area contributed by atoms with E-state index in [1.54, 1.807) is 0 Å². The zero-order valence-corrected chi connectivity index (χ0v) is 13.8. The molecular formula is C17H15F2NO6. The van der Waals surface area contributed by atoms with Gasteiger partial charge in [0.2, 0.25) is 5.78 Å². The first kappa shape index (κ1) is 19.1. The molecule has 0 spiro atoms. The summed E-state index contributed by atoms with van der Waals surface area (Å²) in [7, 11) is 1.36. The molecule has 0 heterocycles. The minimum Gasteiger partial charge on any atom is -0.493 e. The standard InChI is InChI=1S/C17H15F2NO6/c1-10(16(21)11-3-6-13(7-4-11)26-17(18)19)25-15-9-12(20(22)23)5-8-14(15)24-2/h3-10,17H,1-2H3/t10-/m1/s1. The Kier molecular flexibility index (Phi) is 6.05. The number of rotatable bonds is 8. The van der Waals surface area contributed by atoms with Gasteiger partial charge in [0, 0.05) is 11.6 Å². The van der Waals surface area contributed by atoms with Gasteiger partial charge in [-0.15, -0.1) is 0 Å². The van der Waals surface area contributed by atoms with Gasteiger partial charge in [-0.25, -0.2) is 0 Å². The quantitative estimate of drug-likeness (QED) is 0.400. The van der Waals surface area contributed by atoms with E-state index >= 15 is 0 Å². The van der Waals surface area contributed by atoms with E-state index in [4.69, 9.17) is 9.47 Å². The van der Waals surface area contributed by atoms with Crippen molar-refractivity contribution in [2.75, 3.05) is 7.11 Å². The molecule has 2 aromatic rings. The van der Waals surface area contributed by atoms with Crippen LogP contribution in [0, 0.1) is 10.1 Å². The van der Waals surface area contributed by atoms with Crippen LogP contribution in [-0.4, -0.2) is 30.5 Å². The fourth-order valence-corrected chi connectivity index (χ4v) is 2.15. The zero-order chi connectivity index (χ0) is 19.3. The van der Waals surface area contributed by atoms with E-state index in [2.05, 4.69) is 4.74 Å². The normalized spacial score (nSPS) is 11.7. The summed E-state index contributed by atoms with van der Waals surface area (Å²) in [5.41, 5.74) is -0.00235. The van der Waals surface area contributed by atoms with Crippen LogP contribution in [0.3, 0.4) is 0 Å². The Morgan fingerprint density at radius 1 is 1.08 bits per heavy atom. The van der Waals surface area contributed by atoms with Crippen LogP contribution in [0.4, 0.5) is 14.5 Å². The predicted octanol–water partition coefficient (Wildman–Crippen LogP) is 3.86. The average molecular weight is 367 g/mol. The molecule has 0 radical (unpaired) electrons. The molecule has 0 saturated heterocycles. The molecule has 0 bridgehead atoms. The van der Waals surface area contributed by atoms with Crippen LogP contribution in [0.5, 0.6) is 17.2 Å². The number of non-ortho nitro benzene ring substituents is 1. The van der Waals surface area contributed by atoms with Gasteiger partial charge in [0.15, 0.2) is 17.6 Å². The zero-order valence-electron chi connectivity index (χ0n) is 13.8. The molecule has 0 saturated carbocycles. The summed E-state index contributed by atoms with van der Waals surface area (Å²) in [6, 6.07) is 8.89. The summed E-state index contributed by atoms with van der Waals surface area (Å²) < 4.78 is 39.1. The third-order valence-electron chi connectivity index (χ3n) is 3.40. The van der Waals surface area contributed by atoms with Crippen molar-refractivity contribution in [3.05, 3.63) is 58.1 Å². The van der Waals surface area contributed by atoms with E-state index in [0.717, 1.165) is 6.07 Å². The first-order valence-corrected chi connectivity index (χ1v) is 7.40. The fourth-order valence-electron chi connectivity index (χ4n) is 2.15. The third kappa shape index (κ3) is 4.65. The maximum atomic E-state index is 12.4. The van der Waals surface area contributed by atoms with Crippen molar-refractivity contribution in [1.82, 2.24) is 0 Å². The number of methoxy groups -OCH3 is 1. The van der Waals surface area contributed by atoms with Gasteiger partial charge in [0.05, 0.1) is 18.1 Å². The second-order valence-corrected chi connectivity index (χ2v) is 5.12. The number of ether oxygens (including phenoxy) is 3. The van der Waals surface area contributed by atoms with Gasteiger partial charge in [-0.1, -0.05) is 0 Å². The maximum Gasteiger partial charge on any atom is 0.387 e. The number of hydrogen-bond acceptors (Lipinski definition) is 6. The topological polar surface area (TPSA) is 87.9 Å². The number of alkyl halides is 2. The summed E-state index contributed by atoms with van der Waals surface area (Å²) in [5, 5.41) is 10.9. The van der Waals surface area contributed by atoms with Crippen molar-refractivity contribution >= 4 is 11.5 Å². The summed E-state index contributed by atoms with van der Waals surface area (Å²) in [4.78, 5) is 22.7. The van der Waals surface area contributed by atoms with Gasteiger partial charge in [0.1, 0.15) is 5.75 Å². The Balaban J connectivity index is 2.16. The number of benzene rings is 2. The second-order valence-electron chi connectivity index (χ2n) is 5.12. The van der Waals surface area contributed by atoms with Crippen LogP contribution in [0.25, 0.3) is 0 Å². The minimum absolute atomic E-state index is 0.0419. The number of carbonyl (C=O) groups excluding carboxylic acids is 1. The summed E-state index contributed by atoms with van der Waals surface area (Å²) in [6.07, 6.45) is -0.993. The highest BCUT2D eigenvalue weighted by molar-refractivity contribution is 5.99. The van der Waals surface area contributed by atoms with Crippen LogP contribution >= 0.6 is 0 Å². The number of hydrogen-bond donors (Lipinski definition) is 0. The largest absolute Gasteiger partial charge is 0.493 e. The van der Waals surface area contributed by atoms with Crippen LogP contribution in [0.2, 0.25) is 0 Å². The number of nitro benzene ring substituents is 1. The molecule has 0 aromatic heterocycles. The average Bonchev–Trinajstić information content (AvgIpc) is 2.61. The molecule has 0 N–H and O–H groups in total. The lowest BCUT2D eigenvalue weighted by molar-refractivity contribution is -0.385. The number of Topliss-reactive ketones (excluding diaryl/α,β-unsaturated/α-hetero) is 1. The van der Waals surface area contributed by atoms with Crippen LogP contribution in [0.15, 0.2) is 42.5 Å². The van der Waals surface area contributed by atoms with E-state index in [1.807, 2.05) is 0 Å². The summed E-state index contributed by atoms with van der Waals surface area (Å²) in [5.74, 6) is -0.247. The van der Waals surface area contributed by atoms with E-state index in [1.165, 1.54) is 50.4 Å². The molecule has 0 fully saturated rings. The molecule has 0 aliphatic carbocycles. The number of nitro groups is 1. The highest BCUT2D eigenvalue weighted by Gasteiger charge is 2.21. The lowest BCUT2D eigenvalue weighted by atomic mass is 10.1. The van der Waals surface area contributed by atoms with Gasteiger partial charge >= 0.3 is 6.61 Å². The van der Waals surface area contributed by atoms with E-state index in [0.29, 0.717) is 0 Å². The van der Waals surface area contributed by atoms with Crippen molar-refractivity contribution < 1.29 is 32.7 Å². The van der Waals surface area contributed by atoms with Crippen molar-refractivity contribution in [3.63, 3.8) is 0 Å². The molecule has 0 amide bonds. The molecular weight excluding hydrogens is 352 g/mol. The summed E-state index contributed by atoms with van der Waals surface area (Å²) in [6.45, 7) is -1.50. The van der Waals surface area contributed by atoms with Gasteiger partial charge in [0.25, 0.3) is 5.69 Å². The highest BCUT2D eigenvalue weighted by atomic mass is 19.3. The predicted molar refractivity (Wildman–Crippen MR) is 87.1 cm³/mol. The minimum atomic E-state index is -2.96. The fraction of sp³-hybridized carbons (Fsp3) is 0.235. The van der Waals surface area contributed by atoms with Gasteiger partial charge in [-0.05, 0) is 37.3 Å². The molecule has 2 aromatic carbocycles. The molecule has 0 aliphatic heterocycles. The first-order valence-electron chi connectivity index (χ1n) is 7.40. The molecule has 7 nitrogen and oxygen atoms in total. The van der Waals surface area contributed by atoms with Crippen molar-refractivity contribution in [1.29, 1.82) is 0 Å². The SMILES string of the molecule is COc1ccc([N+](=O)[O-])cc1O[C@H](C)C(=O)c1ccc(OC(F)F)cc1. The second kappa shape index (κ2) is 8.24. The maximum absolute atomic E-state index is 12.4. The molecule has 9 heteroatoms. The van der Waals surface area contributed by atoms with E-state index < -0.39 is 23.4 Å². The van der Waals surface area contributed by atoms with Gasteiger partial charge < -0.3 is 14.2 Å². The molecule has 138 valence electrons. The van der Waals surface area contributed by atoms with Crippen LogP contribution < -0.4 is 14.2 Å². The highest BCUT2D eigenvalue weighted by Crippen LogP contribution is 2.32. The molecule has 2 rings (SSSR count). The Morgan fingerprint density at radius 2 is 1.73 bits per heavy atom. The molecule has 26 heavy (non-hydrogen) atoms. The van der Waals surface area contributed by atoms with Crippen LogP contribution in [-0.2, 0) is 0 Å². The monoisotopic (exact) mass is 367 g/mol. The molecule has 0 aliphatic rings. The Morgan fingerprint density at radius 3 is 2.27 bits per heavy atom. The number of carbonyl (C=O) groups is 1. The lowest BCUT2D eigenvalue weighted by Crippen LogP contribution is -2.24. The van der Waals surface area contributed by atoms with Crippen molar-refractivity contribution in [2.24, 2.45) is 0 Å². The molecule has 1 atom stereocenters. The smallest absolute Gasteiger partial charge is 0.387 e. The van der Waals surface area contributed by atoms with Gasteiger partial charge in [-0.2, -0.15) is 8.78 Å². The Bertz CT molecular complexity index is 794. The summed E-state index contributed by atoms with van der Waals surface area (Å²) >= 11 is 0. The Hall–Kier alpha value is -3.23. The van der Waals surface area contributed by atoms with E-state index in [-0.39, 0.29) is 28.5 Å². The lowest BCUT2D eigenvalue weighted by Gasteiger charge is -2.16. The van der Waals surface area contributed by atoms with Gasteiger partial charge in [-0.3, -0.25) is 14.9 Å². The number of halogens is 2. The Labute approximate surface area is 147 Å². The molecule has 0 unspecified atom stereocenters. The van der Waals surface area contributed by atoms with Crippen molar-refractivity contribution in [3.8, 4) is 17.2 Å². The van der Waals surface area contributed by atoms with Crippen molar-refractivity contribution in [2.45, 2.75) is 19.6 Å². The number of ketones is 1.